The molecule has 1 aliphatic carbocycles. The molecule has 0 radical (unpaired) electrons. The van der Waals surface area contributed by atoms with E-state index in [1.165, 1.54) is 0 Å². The Morgan fingerprint density at radius 1 is 1.33 bits per heavy atom. The first-order chi connectivity index (χ1) is 11.6. The molecule has 128 valence electrons. The van der Waals surface area contributed by atoms with Crippen LogP contribution in [-0.4, -0.2) is 37.8 Å². The molecule has 0 bridgehead atoms. The summed E-state index contributed by atoms with van der Waals surface area (Å²) in [6, 6.07) is 1.95. The van der Waals surface area contributed by atoms with E-state index in [2.05, 4.69) is 15.3 Å². The molecule has 2 atom stereocenters. The van der Waals surface area contributed by atoms with Crippen LogP contribution in [0.1, 0.15) is 54.7 Å². The standard InChI is InChI=1S/C17H22ClN5O/c1-3-22(13-8-9-19-20-10-13)17(24)14-11-21-23(12(14)2)16-7-5-4-6-15(16)18/h8-11,15-16H,3-7H2,1-2H3. The van der Waals surface area contributed by atoms with Crippen molar-refractivity contribution in [2.45, 2.75) is 50.9 Å². The molecular weight excluding hydrogens is 326 g/mol. The van der Waals surface area contributed by atoms with E-state index in [1.807, 2.05) is 18.5 Å². The molecule has 2 unspecified atom stereocenters. The lowest BCUT2D eigenvalue weighted by molar-refractivity contribution is 0.0987. The van der Waals surface area contributed by atoms with E-state index in [0.717, 1.165) is 37.1 Å². The van der Waals surface area contributed by atoms with Gasteiger partial charge in [0.2, 0.25) is 0 Å². The Morgan fingerprint density at radius 3 is 2.79 bits per heavy atom. The molecule has 2 aromatic heterocycles. The summed E-state index contributed by atoms with van der Waals surface area (Å²) in [5.41, 5.74) is 2.22. The Kier molecular flexibility index (Phi) is 5.14. The molecule has 0 spiro atoms. The van der Waals surface area contributed by atoms with Crippen LogP contribution >= 0.6 is 11.6 Å². The molecule has 0 N–H and O–H groups in total. The van der Waals surface area contributed by atoms with Crippen LogP contribution in [0.2, 0.25) is 0 Å². The molecule has 1 saturated carbocycles. The first-order valence-electron chi connectivity index (χ1n) is 8.40. The second-order valence-electron chi connectivity index (χ2n) is 6.11. The van der Waals surface area contributed by atoms with Crippen molar-refractivity contribution in [1.82, 2.24) is 20.0 Å². The quantitative estimate of drug-likeness (QED) is 0.795. The van der Waals surface area contributed by atoms with Crippen molar-refractivity contribution in [2.75, 3.05) is 11.4 Å². The van der Waals surface area contributed by atoms with Crippen LogP contribution in [0.25, 0.3) is 0 Å². The van der Waals surface area contributed by atoms with Crippen LogP contribution in [0.4, 0.5) is 5.69 Å². The van der Waals surface area contributed by atoms with Gasteiger partial charge in [-0.3, -0.25) is 9.48 Å². The fourth-order valence-corrected chi connectivity index (χ4v) is 3.73. The molecule has 0 saturated heterocycles. The van der Waals surface area contributed by atoms with E-state index < -0.39 is 0 Å². The number of alkyl halides is 1. The predicted molar refractivity (Wildman–Crippen MR) is 93.5 cm³/mol. The summed E-state index contributed by atoms with van der Waals surface area (Å²) in [5.74, 6) is -0.0730. The molecule has 1 amide bonds. The largest absolute Gasteiger partial charge is 0.307 e. The molecule has 7 heteroatoms. The second-order valence-corrected chi connectivity index (χ2v) is 6.67. The van der Waals surface area contributed by atoms with Crippen LogP contribution in [0, 0.1) is 6.92 Å². The zero-order chi connectivity index (χ0) is 17.1. The molecule has 6 nitrogen and oxygen atoms in total. The number of anilines is 1. The number of aromatic nitrogens is 4. The highest BCUT2D eigenvalue weighted by atomic mass is 35.5. The van der Waals surface area contributed by atoms with Crippen molar-refractivity contribution in [2.24, 2.45) is 0 Å². The van der Waals surface area contributed by atoms with Crippen LogP contribution in [-0.2, 0) is 0 Å². The average molecular weight is 348 g/mol. The van der Waals surface area contributed by atoms with Gasteiger partial charge < -0.3 is 4.90 Å². The third-order valence-electron chi connectivity index (χ3n) is 4.68. The maximum Gasteiger partial charge on any atom is 0.261 e. The lowest BCUT2D eigenvalue weighted by Crippen LogP contribution is -2.31. The van der Waals surface area contributed by atoms with Gasteiger partial charge in [-0.05, 0) is 32.8 Å². The maximum absolute atomic E-state index is 13.0. The number of amides is 1. The molecule has 2 heterocycles. The molecule has 0 aliphatic heterocycles. The minimum atomic E-state index is -0.0730. The molecule has 24 heavy (non-hydrogen) atoms. The van der Waals surface area contributed by atoms with Gasteiger partial charge in [-0.2, -0.15) is 15.3 Å². The number of hydrogen-bond donors (Lipinski definition) is 0. The summed E-state index contributed by atoms with van der Waals surface area (Å²) in [5, 5.41) is 12.2. The maximum atomic E-state index is 13.0. The van der Waals surface area contributed by atoms with Gasteiger partial charge in [0, 0.05) is 12.2 Å². The van der Waals surface area contributed by atoms with Crippen molar-refractivity contribution in [3.8, 4) is 0 Å². The van der Waals surface area contributed by atoms with Crippen LogP contribution in [0.3, 0.4) is 0 Å². The van der Waals surface area contributed by atoms with Crippen LogP contribution in [0.5, 0.6) is 0 Å². The van der Waals surface area contributed by atoms with Crippen molar-refractivity contribution >= 4 is 23.2 Å². The molecule has 2 aromatic rings. The Balaban J connectivity index is 1.88. The third-order valence-corrected chi connectivity index (χ3v) is 5.19. The number of carbonyl (C=O) groups excluding carboxylic acids is 1. The number of halogens is 1. The molecule has 1 aliphatic rings. The zero-order valence-electron chi connectivity index (χ0n) is 14.0. The van der Waals surface area contributed by atoms with E-state index >= 15 is 0 Å². The van der Waals surface area contributed by atoms with E-state index in [9.17, 15) is 4.79 Å². The van der Waals surface area contributed by atoms with E-state index in [4.69, 9.17) is 11.6 Å². The van der Waals surface area contributed by atoms with Gasteiger partial charge in [0.05, 0.1) is 41.3 Å². The topological polar surface area (TPSA) is 63.9 Å². The normalized spacial score (nSPS) is 20.8. The van der Waals surface area contributed by atoms with Crippen LogP contribution in [0.15, 0.2) is 24.7 Å². The minimum absolute atomic E-state index is 0.0730. The second kappa shape index (κ2) is 7.30. The number of carbonyl (C=O) groups is 1. The van der Waals surface area contributed by atoms with E-state index in [0.29, 0.717) is 12.1 Å². The van der Waals surface area contributed by atoms with Gasteiger partial charge in [-0.1, -0.05) is 12.8 Å². The summed E-state index contributed by atoms with van der Waals surface area (Å²) in [4.78, 5) is 14.6. The number of hydrogen-bond acceptors (Lipinski definition) is 4. The summed E-state index contributed by atoms with van der Waals surface area (Å²) in [6.07, 6.45) is 9.16. The highest BCUT2D eigenvalue weighted by Crippen LogP contribution is 2.33. The lowest BCUT2D eigenvalue weighted by atomic mass is 9.95. The Bertz CT molecular complexity index is 702. The first-order valence-corrected chi connectivity index (χ1v) is 8.83. The highest BCUT2D eigenvalue weighted by Gasteiger charge is 2.29. The average Bonchev–Trinajstić information content (AvgIpc) is 2.98. The van der Waals surface area contributed by atoms with E-state index in [-0.39, 0.29) is 17.3 Å². The predicted octanol–water partition coefficient (Wildman–Crippen LogP) is 3.37. The van der Waals surface area contributed by atoms with Gasteiger partial charge in [-0.25, -0.2) is 0 Å². The van der Waals surface area contributed by atoms with Gasteiger partial charge in [0.25, 0.3) is 5.91 Å². The van der Waals surface area contributed by atoms with Crippen molar-refractivity contribution < 1.29 is 4.79 Å². The summed E-state index contributed by atoms with van der Waals surface area (Å²) in [6.45, 7) is 4.43. The Morgan fingerprint density at radius 2 is 2.12 bits per heavy atom. The minimum Gasteiger partial charge on any atom is -0.307 e. The lowest BCUT2D eigenvalue weighted by Gasteiger charge is -2.28. The molecule has 0 aromatic carbocycles. The smallest absolute Gasteiger partial charge is 0.261 e. The molecule has 3 rings (SSSR count). The Hall–Kier alpha value is -1.95. The summed E-state index contributed by atoms with van der Waals surface area (Å²) >= 11 is 6.49. The van der Waals surface area contributed by atoms with Crippen molar-refractivity contribution in [1.29, 1.82) is 0 Å². The summed E-state index contributed by atoms with van der Waals surface area (Å²) < 4.78 is 1.93. The van der Waals surface area contributed by atoms with E-state index in [1.54, 1.807) is 29.6 Å². The Labute approximate surface area is 146 Å². The molecule has 1 fully saturated rings. The molecular formula is C17H22ClN5O. The zero-order valence-corrected chi connectivity index (χ0v) is 14.8. The summed E-state index contributed by atoms with van der Waals surface area (Å²) in [7, 11) is 0. The SMILES string of the molecule is CCN(C(=O)c1cnn(C2CCCCC2Cl)c1C)c1ccnnc1. The number of rotatable bonds is 4. The third kappa shape index (κ3) is 3.15. The van der Waals surface area contributed by atoms with Crippen molar-refractivity contribution in [3.05, 3.63) is 35.9 Å². The van der Waals surface area contributed by atoms with Crippen molar-refractivity contribution in [3.63, 3.8) is 0 Å². The van der Waals surface area contributed by atoms with Gasteiger partial charge in [0.1, 0.15) is 0 Å². The monoisotopic (exact) mass is 347 g/mol. The van der Waals surface area contributed by atoms with Crippen LogP contribution < -0.4 is 4.90 Å². The van der Waals surface area contributed by atoms with Gasteiger partial charge >= 0.3 is 0 Å². The van der Waals surface area contributed by atoms with Gasteiger partial charge in [-0.15, -0.1) is 11.6 Å². The fraction of sp³-hybridized carbons (Fsp3) is 0.529. The number of nitrogens with zero attached hydrogens (tertiary/aromatic N) is 5. The van der Waals surface area contributed by atoms with Gasteiger partial charge in [0.15, 0.2) is 0 Å². The first kappa shape index (κ1) is 16.9. The highest BCUT2D eigenvalue weighted by molar-refractivity contribution is 6.21. The fourth-order valence-electron chi connectivity index (χ4n) is 3.34.